The molecule has 1 atom stereocenters. The lowest BCUT2D eigenvalue weighted by atomic mass is 9.93. The number of pyridine rings is 1. The van der Waals surface area contributed by atoms with E-state index in [1.807, 2.05) is 18.3 Å². The highest BCUT2D eigenvalue weighted by Crippen LogP contribution is 2.48. The maximum atomic E-state index is 13.3. The van der Waals surface area contributed by atoms with Gasteiger partial charge in [0.15, 0.2) is 27.2 Å². The van der Waals surface area contributed by atoms with Crippen molar-refractivity contribution in [2.45, 2.75) is 23.6 Å². The van der Waals surface area contributed by atoms with Crippen molar-refractivity contribution in [2.75, 3.05) is 50.7 Å². The topological polar surface area (TPSA) is 120 Å². The van der Waals surface area contributed by atoms with Gasteiger partial charge in [-0.2, -0.15) is 0 Å². The molecule has 10 nitrogen and oxygen atoms in total. The average Bonchev–Trinajstić information content (AvgIpc) is 3.32. The largest absolute Gasteiger partial charge is 0.486 e. The highest BCUT2D eigenvalue weighted by atomic mass is 32.2. The standard InChI is InChI=1S/C22H25N5O5S/c1-33(28,29)22(4-9-30-10-5-22)18-17-21(27-8-11-31-12-14(27)13-32-17)26-20(25-18)16-3-7-24-19-15(16)2-6-23-19/h2-3,6-7,14H,4-5,8-13H2,1H3,(H,23,24)/t14-/m0/s1. The Labute approximate surface area is 191 Å². The smallest absolute Gasteiger partial charge is 0.185 e. The summed E-state index contributed by atoms with van der Waals surface area (Å²) < 4.78 is 42.7. The van der Waals surface area contributed by atoms with E-state index in [0.29, 0.717) is 75.5 Å². The van der Waals surface area contributed by atoms with Gasteiger partial charge in [-0.1, -0.05) is 0 Å². The zero-order valence-corrected chi connectivity index (χ0v) is 19.1. The van der Waals surface area contributed by atoms with Gasteiger partial charge in [-0.3, -0.25) is 0 Å². The zero-order valence-electron chi connectivity index (χ0n) is 18.3. The summed E-state index contributed by atoms with van der Waals surface area (Å²) in [4.78, 5) is 19.5. The van der Waals surface area contributed by atoms with E-state index in [0.717, 1.165) is 16.6 Å². The molecular formula is C22H25N5O5S. The molecule has 1 N–H and O–H groups in total. The van der Waals surface area contributed by atoms with E-state index in [9.17, 15) is 8.42 Å². The van der Waals surface area contributed by atoms with E-state index >= 15 is 0 Å². The van der Waals surface area contributed by atoms with Crippen LogP contribution in [0.15, 0.2) is 24.5 Å². The van der Waals surface area contributed by atoms with Crippen molar-refractivity contribution in [3.8, 4) is 17.1 Å². The molecule has 11 heteroatoms. The van der Waals surface area contributed by atoms with Gasteiger partial charge in [0.2, 0.25) is 0 Å². The Kier molecular flexibility index (Phi) is 4.82. The molecular weight excluding hydrogens is 446 g/mol. The molecule has 3 aromatic heterocycles. The second kappa shape index (κ2) is 7.64. The summed E-state index contributed by atoms with van der Waals surface area (Å²) in [5.74, 6) is 1.55. The third kappa shape index (κ3) is 3.21. The summed E-state index contributed by atoms with van der Waals surface area (Å²) in [6, 6.07) is 3.81. The van der Waals surface area contributed by atoms with Gasteiger partial charge in [-0.05, 0) is 25.0 Å². The van der Waals surface area contributed by atoms with E-state index in [1.165, 1.54) is 6.26 Å². The van der Waals surface area contributed by atoms with Crippen LogP contribution in [-0.4, -0.2) is 80.2 Å². The third-order valence-corrected chi connectivity index (χ3v) is 8.93. The van der Waals surface area contributed by atoms with E-state index in [4.69, 9.17) is 24.2 Å². The number of sulfone groups is 1. The fourth-order valence-corrected chi connectivity index (χ4v) is 6.48. The Morgan fingerprint density at radius 3 is 2.79 bits per heavy atom. The molecule has 0 aliphatic carbocycles. The molecule has 2 fully saturated rings. The number of rotatable bonds is 3. The fourth-order valence-electron chi connectivity index (χ4n) is 5.09. The quantitative estimate of drug-likeness (QED) is 0.608. The van der Waals surface area contributed by atoms with Crippen molar-refractivity contribution >= 4 is 26.7 Å². The second-order valence-electron chi connectivity index (χ2n) is 8.76. The van der Waals surface area contributed by atoms with Crippen LogP contribution in [0.2, 0.25) is 0 Å². The predicted octanol–water partition coefficient (Wildman–Crippen LogP) is 1.67. The summed E-state index contributed by atoms with van der Waals surface area (Å²) in [6.07, 6.45) is 5.44. The molecule has 0 saturated carbocycles. The molecule has 6 rings (SSSR count). The molecule has 0 aromatic carbocycles. The molecule has 33 heavy (non-hydrogen) atoms. The Morgan fingerprint density at radius 1 is 1.12 bits per heavy atom. The maximum Gasteiger partial charge on any atom is 0.185 e. The van der Waals surface area contributed by atoms with Crippen molar-refractivity contribution in [2.24, 2.45) is 0 Å². The fraction of sp³-hybridized carbons (Fsp3) is 0.500. The molecule has 0 spiro atoms. The van der Waals surface area contributed by atoms with Gasteiger partial charge in [-0.15, -0.1) is 0 Å². The Bertz CT molecular complexity index is 1320. The summed E-state index contributed by atoms with van der Waals surface area (Å²) in [6.45, 7) is 2.86. The van der Waals surface area contributed by atoms with Crippen LogP contribution >= 0.6 is 0 Å². The summed E-state index contributed by atoms with van der Waals surface area (Å²) in [5.41, 5.74) is 1.94. The lowest BCUT2D eigenvalue weighted by Crippen LogP contribution is -2.52. The molecule has 3 aromatic rings. The van der Waals surface area contributed by atoms with Crippen LogP contribution in [0.5, 0.6) is 5.75 Å². The summed E-state index contributed by atoms with van der Waals surface area (Å²) >= 11 is 0. The zero-order chi connectivity index (χ0) is 22.6. The van der Waals surface area contributed by atoms with Crippen LogP contribution in [0.25, 0.3) is 22.4 Å². The second-order valence-corrected chi connectivity index (χ2v) is 11.1. The van der Waals surface area contributed by atoms with Crippen LogP contribution < -0.4 is 9.64 Å². The SMILES string of the molecule is CS(=O)(=O)C1(c2nc(-c3ccnc4[nH]ccc34)nc3c2OC[C@@H]2COCCN32)CCOCC1. The number of ether oxygens (including phenoxy) is 3. The van der Waals surface area contributed by atoms with Gasteiger partial charge in [-0.25, -0.2) is 23.4 Å². The normalized spacial score (nSPS) is 22.5. The number of nitrogens with zero attached hydrogens (tertiary/aromatic N) is 4. The maximum absolute atomic E-state index is 13.3. The molecule has 0 radical (unpaired) electrons. The van der Waals surface area contributed by atoms with Crippen molar-refractivity contribution in [1.29, 1.82) is 0 Å². The van der Waals surface area contributed by atoms with Crippen molar-refractivity contribution in [1.82, 2.24) is 19.9 Å². The van der Waals surface area contributed by atoms with Crippen molar-refractivity contribution < 1.29 is 22.6 Å². The molecule has 0 amide bonds. The van der Waals surface area contributed by atoms with Gasteiger partial charge >= 0.3 is 0 Å². The van der Waals surface area contributed by atoms with Gasteiger partial charge < -0.3 is 24.1 Å². The number of morpholine rings is 1. The van der Waals surface area contributed by atoms with Crippen LogP contribution in [0, 0.1) is 0 Å². The number of aromatic nitrogens is 4. The van der Waals surface area contributed by atoms with Gasteiger partial charge in [0.05, 0.1) is 19.3 Å². The van der Waals surface area contributed by atoms with Crippen LogP contribution in [-0.2, 0) is 24.1 Å². The third-order valence-electron chi connectivity index (χ3n) is 6.91. The average molecular weight is 472 g/mol. The summed E-state index contributed by atoms with van der Waals surface area (Å²) in [7, 11) is -3.55. The minimum absolute atomic E-state index is 0.0236. The number of fused-ring (bicyclic) bond motifs is 4. The first-order valence-corrected chi connectivity index (χ1v) is 13.0. The number of hydrogen-bond acceptors (Lipinski definition) is 9. The first-order valence-electron chi connectivity index (χ1n) is 11.1. The number of nitrogens with one attached hydrogen (secondary N) is 1. The van der Waals surface area contributed by atoms with Gasteiger partial charge in [0.25, 0.3) is 0 Å². The van der Waals surface area contributed by atoms with Crippen molar-refractivity contribution in [3.63, 3.8) is 0 Å². The van der Waals surface area contributed by atoms with E-state index in [2.05, 4.69) is 14.9 Å². The first-order chi connectivity index (χ1) is 16.0. The van der Waals surface area contributed by atoms with Crippen molar-refractivity contribution in [3.05, 3.63) is 30.2 Å². The first kappa shape index (κ1) is 20.8. The summed E-state index contributed by atoms with van der Waals surface area (Å²) in [5, 5.41) is 0.874. The molecule has 2 saturated heterocycles. The number of H-pyrrole nitrogens is 1. The highest BCUT2D eigenvalue weighted by Gasteiger charge is 2.50. The molecule has 174 valence electrons. The minimum atomic E-state index is -3.55. The lowest BCUT2D eigenvalue weighted by Gasteiger charge is -2.43. The van der Waals surface area contributed by atoms with E-state index in [-0.39, 0.29) is 6.04 Å². The monoisotopic (exact) mass is 471 g/mol. The molecule has 3 aliphatic heterocycles. The van der Waals surface area contributed by atoms with Gasteiger partial charge in [0.1, 0.15) is 22.7 Å². The number of aromatic amines is 1. The van der Waals surface area contributed by atoms with Gasteiger partial charge in [0, 0.05) is 49.4 Å². The number of anilines is 1. The molecule has 3 aliphatic rings. The number of hydrogen-bond donors (Lipinski definition) is 1. The lowest BCUT2D eigenvalue weighted by molar-refractivity contribution is 0.0640. The van der Waals surface area contributed by atoms with E-state index < -0.39 is 14.6 Å². The van der Waals surface area contributed by atoms with E-state index in [1.54, 1.807) is 6.20 Å². The highest BCUT2D eigenvalue weighted by molar-refractivity contribution is 7.91. The molecule has 0 unspecified atom stereocenters. The predicted molar refractivity (Wildman–Crippen MR) is 121 cm³/mol. The molecule has 6 heterocycles. The Balaban J connectivity index is 1.64. The van der Waals surface area contributed by atoms with Crippen LogP contribution in [0.1, 0.15) is 18.5 Å². The van der Waals surface area contributed by atoms with Crippen LogP contribution in [0.3, 0.4) is 0 Å². The Hall–Kier alpha value is -2.76. The minimum Gasteiger partial charge on any atom is -0.486 e. The van der Waals surface area contributed by atoms with Crippen LogP contribution in [0.4, 0.5) is 5.82 Å². The Morgan fingerprint density at radius 2 is 1.97 bits per heavy atom. The molecule has 0 bridgehead atoms.